The summed E-state index contributed by atoms with van der Waals surface area (Å²) in [5.41, 5.74) is 1.47. The summed E-state index contributed by atoms with van der Waals surface area (Å²) in [6.45, 7) is 1.57. The fourth-order valence-corrected chi connectivity index (χ4v) is 6.29. The third kappa shape index (κ3) is 3.22. The highest BCUT2D eigenvalue weighted by atomic mass is 35.5. The zero-order valence-corrected chi connectivity index (χ0v) is 19.3. The molecule has 4 aromatic rings. The molecule has 0 saturated carbocycles. The van der Waals surface area contributed by atoms with Crippen molar-refractivity contribution in [2.75, 3.05) is 25.1 Å². The average molecular weight is 480 g/mol. The van der Waals surface area contributed by atoms with Gasteiger partial charge in [-0.2, -0.15) is 15.2 Å². The number of rotatable bonds is 3. The lowest BCUT2D eigenvalue weighted by molar-refractivity contribution is 0.380. The largest absolute Gasteiger partial charge is 0.467 e. The Balaban J connectivity index is 1.60. The minimum absolute atomic E-state index is 0.113. The number of anilines is 1. The molecule has 2 aromatic heterocycles. The van der Waals surface area contributed by atoms with Crippen LogP contribution in [-0.2, 0) is 0 Å². The van der Waals surface area contributed by atoms with Crippen LogP contribution in [0.15, 0.2) is 29.6 Å². The van der Waals surface area contributed by atoms with Gasteiger partial charge in [-0.3, -0.25) is 0 Å². The maximum absolute atomic E-state index is 16.2. The topological polar surface area (TPSA) is 74.1 Å². The first-order valence-electron chi connectivity index (χ1n) is 10.7. The van der Waals surface area contributed by atoms with Crippen molar-refractivity contribution in [3.63, 3.8) is 0 Å². The first-order valence-corrected chi connectivity index (χ1v) is 12.0. The number of thiophene rings is 1. The van der Waals surface area contributed by atoms with Crippen LogP contribution in [0.2, 0.25) is 5.02 Å². The summed E-state index contributed by atoms with van der Waals surface area (Å²) < 4.78 is 22.4. The van der Waals surface area contributed by atoms with Gasteiger partial charge in [0.2, 0.25) is 0 Å². The van der Waals surface area contributed by atoms with Gasteiger partial charge in [0, 0.05) is 51.6 Å². The molecule has 2 aliphatic rings. The van der Waals surface area contributed by atoms with Gasteiger partial charge in [-0.05, 0) is 30.5 Å². The number of nitriles is 1. The van der Waals surface area contributed by atoms with Crippen LogP contribution in [0.25, 0.3) is 32.1 Å². The molecule has 4 heterocycles. The third-order valence-electron chi connectivity index (χ3n) is 6.53. The molecule has 9 heteroatoms. The van der Waals surface area contributed by atoms with E-state index in [0.717, 1.165) is 30.6 Å². The molecule has 2 saturated heterocycles. The van der Waals surface area contributed by atoms with Crippen molar-refractivity contribution in [2.45, 2.75) is 24.9 Å². The van der Waals surface area contributed by atoms with Gasteiger partial charge in [0.15, 0.2) is 5.82 Å². The van der Waals surface area contributed by atoms with Gasteiger partial charge >= 0.3 is 6.01 Å². The highest BCUT2D eigenvalue weighted by Gasteiger charge is 2.34. The van der Waals surface area contributed by atoms with Gasteiger partial charge in [0.05, 0.1) is 17.7 Å². The van der Waals surface area contributed by atoms with Gasteiger partial charge in [0.1, 0.15) is 17.4 Å². The molecule has 2 atom stereocenters. The molecule has 1 N–H and O–H groups in total. The Labute approximate surface area is 198 Å². The van der Waals surface area contributed by atoms with E-state index in [0.29, 0.717) is 39.8 Å². The fraction of sp³-hybridized carbons (Fsp3) is 0.292. The lowest BCUT2D eigenvalue weighted by Crippen LogP contribution is -2.51. The molecule has 0 spiro atoms. The van der Waals surface area contributed by atoms with Crippen LogP contribution in [0.5, 0.6) is 6.01 Å². The van der Waals surface area contributed by atoms with E-state index < -0.39 is 5.82 Å². The predicted octanol–water partition coefficient (Wildman–Crippen LogP) is 5.12. The summed E-state index contributed by atoms with van der Waals surface area (Å²) in [7, 11) is 1.48. The summed E-state index contributed by atoms with van der Waals surface area (Å²) >= 11 is 8.17. The van der Waals surface area contributed by atoms with Crippen molar-refractivity contribution in [2.24, 2.45) is 0 Å². The van der Waals surface area contributed by atoms with Crippen LogP contribution in [0.4, 0.5) is 10.2 Å². The lowest BCUT2D eigenvalue weighted by atomic mass is 9.97. The number of halogens is 2. The lowest BCUT2D eigenvalue weighted by Gasteiger charge is -2.34. The Hall–Kier alpha value is -2.99. The van der Waals surface area contributed by atoms with E-state index in [1.54, 1.807) is 17.5 Å². The van der Waals surface area contributed by atoms with Crippen molar-refractivity contribution in [1.29, 1.82) is 5.26 Å². The second kappa shape index (κ2) is 7.80. The molecular formula is C24H19ClFN5OS. The Morgan fingerprint density at radius 2 is 2.06 bits per heavy atom. The van der Waals surface area contributed by atoms with E-state index in [1.165, 1.54) is 18.4 Å². The molecule has 6 rings (SSSR count). The van der Waals surface area contributed by atoms with Crippen LogP contribution in [0, 0.1) is 17.1 Å². The van der Waals surface area contributed by atoms with Crippen LogP contribution in [-0.4, -0.2) is 42.3 Å². The molecule has 0 aliphatic carbocycles. The number of aromatic nitrogens is 2. The summed E-state index contributed by atoms with van der Waals surface area (Å²) in [5.74, 6) is 0.0919. The van der Waals surface area contributed by atoms with E-state index in [1.807, 2.05) is 12.1 Å². The molecule has 166 valence electrons. The number of nitrogens with one attached hydrogen (secondary N) is 1. The molecule has 33 heavy (non-hydrogen) atoms. The average Bonchev–Trinajstić information content (AvgIpc) is 3.41. The smallest absolute Gasteiger partial charge is 0.318 e. The summed E-state index contributed by atoms with van der Waals surface area (Å²) in [6.07, 6.45) is 2.24. The van der Waals surface area contributed by atoms with E-state index >= 15 is 4.39 Å². The van der Waals surface area contributed by atoms with E-state index in [-0.39, 0.29) is 22.1 Å². The Morgan fingerprint density at radius 3 is 2.79 bits per heavy atom. The Bertz CT molecular complexity index is 1450. The second-order valence-corrected chi connectivity index (χ2v) is 9.78. The number of ether oxygens (including phenoxy) is 1. The zero-order valence-electron chi connectivity index (χ0n) is 17.7. The van der Waals surface area contributed by atoms with Crippen molar-refractivity contribution in [3.8, 4) is 23.2 Å². The maximum atomic E-state index is 16.2. The van der Waals surface area contributed by atoms with Crippen LogP contribution in [0.3, 0.4) is 0 Å². The fourth-order valence-electron chi connectivity index (χ4n) is 5.09. The van der Waals surface area contributed by atoms with Crippen LogP contribution < -0.4 is 15.0 Å². The predicted molar refractivity (Wildman–Crippen MR) is 129 cm³/mol. The van der Waals surface area contributed by atoms with Gasteiger partial charge in [-0.25, -0.2) is 4.39 Å². The van der Waals surface area contributed by atoms with Crippen molar-refractivity contribution in [3.05, 3.63) is 46.0 Å². The highest BCUT2D eigenvalue weighted by molar-refractivity contribution is 7.17. The Kier molecular flexibility index (Phi) is 4.87. The van der Waals surface area contributed by atoms with Gasteiger partial charge in [0.25, 0.3) is 0 Å². The first kappa shape index (κ1) is 20.6. The SMILES string of the molecule is COc1nc(N2CC3CCC(C2)N3)c2cc(Cl)c(-c3cccc4scc(C#N)c34)c(F)c2n1. The van der Waals surface area contributed by atoms with E-state index in [2.05, 4.69) is 26.3 Å². The number of methoxy groups -OCH3 is 1. The van der Waals surface area contributed by atoms with E-state index in [4.69, 9.17) is 16.3 Å². The third-order valence-corrected chi connectivity index (χ3v) is 7.78. The summed E-state index contributed by atoms with van der Waals surface area (Å²) in [6, 6.07) is 10.4. The molecule has 0 radical (unpaired) electrons. The quantitative estimate of drug-likeness (QED) is 0.439. The number of hydrogen-bond acceptors (Lipinski definition) is 7. The number of piperazine rings is 1. The minimum atomic E-state index is -0.542. The standard InChI is InChI=1S/C24H19ClFN5OS/c1-32-24-29-22-16(23(30-24)31-9-13-5-6-14(10-31)28-13)7-17(25)20(21(22)26)15-3-2-4-18-19(15)12(8-27)11-33-18/h2-4,7,11,13-14,28H,5-6,9-10H2,1H3. The van der Waals surface area contributed by atoms with Crippen LogP contribution in [0.1, 0.15) is 18.4 Å². The molecule has 2 aromatic carbocycles. The molecule has 2 unspecified atom stereocenters. The molecular weight excluding hydrogens is 461 g/mol. The number of hydrogen-bond donors (Lipinski definition) is 1. The van der Waals surface area contributed by atoms with Crippen molar-refractivity contribution in [1.82, 2.24) is 15.3 Å². The monoisotopic (exact) mass is 479 g/mol. The van der Waals surface area contributed by atoms with Crippen LogP contribution >= 0.6 is 22.9 Å². The van der Waals surface area contributed by atoms with Gasteiger partial charge in [-0.1, -0.05) is 23.7 Å². The second-order valence-electron chi connectivity index (χ2n) is 8.46. The number of fused-ring (bicyclic) bond motifs is 4. The van der Waals surface area contributed by atoms with Crippen molar-refractivity contribution >= 4 is 49.7 Å². The molecule has 6 nitrogen and oxygen atoms in total. The molecule has 2 bridgehead atoms. The minimum Gasteiger partial charge on any atom is -0.467 e. The maximum Gasteiger partial charge on any atom is 0.318 e. The van der Waals surface area contributed by atoms with Gasteiger partial charge < -0.3 is 15.0 Å². The van der Waals surface area contributed by atoms with Gasteiger partial charge in [-0.15, -0.1) is 11.3 Å². The summed E-state index contributed by atoms with van der Waals surface area (Å²) in [5, 5.41) is 16.5. The first-order chi connectivity index (χ1) is 16.1. The highest BCUT2D eigenvalue weighted by Crippen LogP contribution is 2.43. The molecule has 2 fully saturated rings. The zero-order chi connectivity index (χ0) is 22.7. The number of nitrogens with zero attached hydrogens (tertiary/aromatic N) is 4. The molecule has 2 aliphatic heterocycles. The van der Waals surface area contributed by atoms with E-state index in [9.17, 15) is 5.26 Å². The molecule has 0 amide bonds. The van der Waals surface area contributed by atoms with Crippen molar-refractivity contribution < 1.29 is 9.13 Å². The number of benzene rings is 2. The summed E-state index contributed by atoms with van der Waals surface area (Å²) in [4.78, 5) is 11.1. The Morgan fingerprint density at radius 1 is 1.27 bits per heavy atom. The normalized spacial score (nSPS) is 19.9.